The summed E-state index contributed by atoms with van der Waals surface area (Å²) in [7, 11) is 0. The van der Waals surface area contributed by atoms with Crippen LogP contribution in [0.15, 0.2) is 0 Å². The van der Waals surface area contributed by atoms with E-state index in [1.54, 1.807) is 0 Å². The monoisotopic (exact) mass is 254 g/mol. The fraction of sp³-hybridized carbons (Fsp3) is 1.00. The first-order chi connectivity index (χ1) is 8.76. The molecule has 0 spiro atoms. The van der Waals surface area contributed by atoms with E-state index in [4.69, 9.17) is 0 Å². The van der Waals surface area contributed by atoms with Crippen LogP contribution in [-0.2, 0) is 0 Å². The molecule has 0 atom stereocenters. The zero-order chi connectivity index (χ0) is 13.3. The standard InChI is InChI=1S/C17H34O/c1-3-5-12-17(15-18,13-6-4-2)14-16-10-8-7-9-11-16/h16,18H,3-15H2,1-2H3. The molecule has 0 aromatic rings. The third-order valence-corrected chi connectivity index (χ3v) is 4.90. The molecule has 108 valence electrons. The number of unbranched alkanes of at least 4 members (excludes halogenated alkanes) is 2. The predicted octanol–water partition coefficient (Wildman–Crippen LogP) is 5.32. The molecule has 1 nitrogen and oxygen atoms in total. The van der Waals surface area contributed by atoms with Gasteiger partial charge in [0.05, 0.1) is 0 Å². The van der Waals surface area contributed by atoms with E-state index >= 15 is 0 Å². The first-order valence-corrected chi connectivity index (χ1v) is 8.37. The molecule has 0 aromatic carbocycles. The van der Waals surface area contributed by atoms with E-state index in [0.717, 1.165) is 5.92 Å². The van der Waals surface area contributed by atoms with Crippen molar-refractivity contribution in [3.63, 3.8) is 0 Å². The summed E-state index contributed by atoms with van der Waals surface area (Å²) < 4.78 is 0. The first kappa shape index (κ1) is 16.0. The molecule has 0 radical (unpaired) electrons. The molecule has 0 saturated heterocycles. The van der Waals surface area contributed by atoms with Crippen molar-refractivity contribution in [3.8, 4) is 0 Å². The lowest BCUT2D eigenvalue weighted by Crippen LogP contribution is -2.29. The van der Waals surface area contributed by atoms with E-state index in [1.165, 1.54) is 77.0 Å². The van der Waals surface area contributed by atoms with Crippen molar-refractivity contribution in [2.24, 2.45) is 11.3 Å². The Bertz CT molecular complexity index is 186. The smallest absolute Gasteiger partial charge is 0.0487 e. The maximum absolute atomic E-state index is 9.96. The second kappa shape index (κ2) is 8.96. The highest BCUT2D eigenvalue weighted by Gasteiger charge is 2.31. The predicted molar refractivity (Wildman–Crippen MR) is 79.8 cm³/mol. The zero-order valence-electron chi connectivity index (χ0n) is 12.7. The highest BCUT2D eigenvalue weighted by molar-refractivity contribution is 4.83. The van der Waals surface area contributed by atoms with E-state index in [2.05, 4.69) is 13.8 Å². The lowest BCUT2D eigenvalue weighted by molar-refractivity contribution is 0.0642. The van der Waals surface area contributed by atoms with Crippen LogP contribution in [0.1, 0.15) is 90.9 Å². The van der Waals surface area contributed by atoms with Gasteiger partial charge in [-0.2, -0.15) is 0 Å². The number of aliphatic hydroxyl groups excluding tert-OH is 1. The Hall–Kier alpha value is -0.0400. The SMILES string of the molecule is CCCCC(CO)(CCCC)CC1CCCCC1. The number of hydrogen-bond acceptors (Lipinski definition) is 1. The van der Waals surface area contributed by atoms with Gasteiger partial charge in [-0.25, -0.2) is 0 Å². The molecular formula is C17H34O. The van der Waals surface area contributed by atoms with Gasteiger partial charge in [0.25, 0.3) is 0 Å². The van der Waals surface area contributed by atoms with E-state index < -0.39 is 0 Å². The minimum Gasteiger partial charge on any atom is -0.396 e. The van der Waals surface area contributed by atoms with Crippen LogP contribution in [0.4, 0.5) is 0 Å². The minimum atomic E-state index is 0.258. The van der Waals surface area contributed by atoms with Crippen molar-refractivity contribution in [2.75, 3.05) is 6.61 Å². The van der Waals surface area contributed by atoms with Crippen molar-refractivity contribution in [1.29, 1.82) is 0 Å². The van der Waals surface area contributed by atoms with Crippen LogP contribution in [-0.4, -0.2) is 11.7 Å². The van der Waals surface area contributed by atoms with E-state index in [0.29, 0.717) is 6.61 Å². The van der Waals surface area contributed by atoms with Crippen LogP contribution in [0.25, 0.3) is 0 Å². The summed E-state index contributed by atoms with van der Waals surface area (Å²) in [5.74, 6) is 0.902. The third kappa shape index (κ3) is 5.30. The Morgan fingerprint density at radius 2 is 1.50 bits per heavy atom. The summed E-state index contributed by atoms with van der Waals surface area (Å²) in [6.45, 7) is 4.95. The van der Waals surface area contributed by atoms with Crippen LogP contribution in [0, 0.1) is 11.3 Å². The molecule has 0 unspecified atom stereocenters. The van der Waals surface area contributed by atoms with E-state index in [1.807, 2.05) is 0 Å². The normalized spacial score (nSPS) is 18.2. The van der Waals surface area contributed by atoms with E-state index in [9.17, 15) is 5.11 Å². The summed E-state index contributed by atoms with van der Waals surface area (Å²) in [5.41, 5.74) is 0.258. The summed E-state index contributed by atoms with van der Waals surface area (Å²) >= 11 is 0. The number of aliphatic hydroxyl groups is 1. The maximum atomic E-state index is 9.96. The van der Waals surface area contributed by atoms with E-state index in [-0.39, 0.29) is 5.41 Å². The van der Waals surface area contributed by atoms with Crippen molar-refractivity contribution >= 4 is 0 Å². The van der Waals surface area contributed by atoms with Crippen LogP contribution in [0.2, 0.25) is 0 Å². The fourth-order valence-corrected chi connectivity index (χ4v) is 3.66. The van der Waals surface area contributed by atoms with Gasteiger partial charge in [-0.15, -0.1) is 0 Å². The van der Waals surface area contributed by atoms with Gasteiger partial charge in [0.2, 0.25) is 0 Å². The van der Waals surface area contributed by atoms with Crippen LogP contribution >= 0.6 is 0 Å². The minimum absolute atomic E-state index is 0.258. The van der Waals surface area contributed by atoms with Gasteiger partial charge < -0.3 is 5.11 Å². The molecule has 1 fully saturated rings. The molecule has 0 heterocycles. The fourth-order valence-electron chi connectivity index (χ4n) is 3.66. The van der Waals surface area contributed by atoms with Gasteiger partial charge in [-0.05, 0) is 30.6 Å². The third-order valence-electron chi connectivity index (χ3n) is 4.90. The highest BCUT2D eigenvalue weighted by atomic mass is 16.3. The largest absolute Gasteiger partial charge is 0.396 e. The molecule has 1 aliphatic rings. The molecule has 0 bridgehead atoms. The van der Waals surface area contributed by atoms with Gasteiger partial charge in [-0.3, -0.25) is 0 Å². The Kier molecular flexibility index (Phi) is 7.97. The van der Waals surface area contributed by atoms with Gasteiger partial charge in [-0.1, -0.05) is 71.6 Å². The topological polar surface area (TPSA) is 20.2 Å². The first-order valence-electron chi connectivity index (χ1n) is 8.37. The molecule has 1 aliphatic carbocycles. The quantitative estimate of drug-likeness (QED) is 0.590. The summed E-state index contributed by atoms with van der Waals surface area (Å²) in [6, 6.07) is 0. The zero-order valence-corrected chi connectivity index (χ0v) is 12.7. The Labute approximate surface area is 114 Å². The van der Waals surface area contributed by atoms with Crippen LogP contribution in [0.3, 0.4) is 0 Å². The van der Waals surface area contributed by atoms with Gasteiger partial charge in [0.1, 0.15) is 0 Å². The van der Waals surface area contributed by atoms with Crippen LogP contribution < -0.4 is 0 Å². The average Bonchev–Trinajstić information content (AvgIpc) is 2.43. The molecular weight excluding hydrogens is 220 g/mol. The molecule has 1 saturated carbocycles. The highest BCUT2D eigenvalue weighted by Crippen LogP contribution is 2.41. The Morgan fingerprint density at radius 1 is 0.944 bits per heavy atom. The average molecular weight is 254 g/mol. The van der Waals surface area contributed by atoms with Crippen molar-refractivity contribution in [2.45, 2.75) is 90.9 Å². The summed E-state index contributed by atoms with van der Waals surface area (Å²) in [4.78, 5) is 0. The van der Waals surface area contributed by atoms with Crippen LogP contribution in [0.5, 0.6) is 0 Å². The van der Waals surface area contributed by atoms with Gasteiger partial charge in [0.15, 0.2) is 0 Å². The number of rotatable bonds is 9. The van der Waals surface area contributed by atoms with Crippen molar-refractivity contribution < 1.29 is 5.11 Å². The maximum Gasteiger partial charge on any atom is 0.0487 e. The lowest BCUT2D eigenvalue weighted by atomic mass is 9.70. The second-order valence-electron chi connectivity index (χ2n) is 6.57. The summed E-state index contributed by atoms with van der Waals surface area (Å²) in [6.07, 6.45) is 16.0. The van der Waals surface area contributed by atoms with Crippen molar-refractivity contribution in [1.82, 2.24) is 0 Å². The Morgan fingerprint density at radius 3 is 1.94 bits per heavy atom. The molecule has 0 aliphatic heterocycles. The molecule has 1 heteroatoms. The number of hydrogen-bond donors (Lipinski definition) is 1. The van der Waals surface area contributed by atoms with Crippen molar-refractivity contribution in [3.05, 3.63) is 0 Å². The molecule has 1 rings (SSSR count). The lowest BCUT2D eigenvalue weighted by Gasteiger charge is -2.37. The van der Waals surface area contributed by atoms with Gasteiger partial charge in [0, 0.05) is 6.61 Å². The Balaban J connectivity index is 2.54. The van der Waals surface area contributed by atoms with Gasteiger partial charge >= 0.3 is 0 Å². The molecule has 0 aromatic heterocycles. The molecule has 0 amide bonds. The second-order valence-corrected chi connectivity index (χ2v) is 6.57. The molecule has 18 heavy (non-hydrogen) atoms. The summed E-state index contributed by atoms with van der Waals surface area (Å²) in [5, 5.41) is 9.96. The molecule has 1 N–H and O–H groups in total.